The third-order valence-corrected chi connectivity index (χ3v) is 4.17. The molecule has 0 amide bonds. The van der Waals surface area contributed by atoms with Gasteiger partial charge in [-0.05, 0) is 37.3 Å². The van der Waals surface area contributed by atoms with Crippen molar-refractivity contribution in [3.63, 3.8) is 0 Å². The number of rotatable bonds is 3. The van der Waals surface area contributed by atoms with Crippen molar-refractivity contribution in [1.82, 2.24) is 5.32 Å². The molecule has 3 unspecified atom stereocenters. The van der Waals surface area contributed by atoms with E-state index in [0.717, 1.165) is 39.0 Å². The molecule has 2 aliphatic rings. The summed E-state index contributed by atoms with van der Waals surface area (Å²) in [5, 5.41) is 3.66. The van der Waals surface area contributed by atoms with Gasteiger partial charge in [0.2, 0.25) is 0 Å². The molecule has 0 aliphatic carbocycles. The first-order valence-corrected chi connectivity index (χ1v) is 7.37. The van der Waals surface area contributed by atoms with Gasteiger partial charge in [0, 0.05) is 19.2 Å². The Morgan fingerprint density at radius 1 is 1.21 bits per heavy atom. The number of ether oxygens (including phenoxy) is 2. The van der Waals surface area contributed by atoms with Crippen LogP contribution < -0.4 is 5.32 Å². The lowest BCUT2D eigenvalue weighted by molar-refractivity contribution is 0.00386. The lowest BCUT2D eigenvalue weighted by Crippen LogP contribution is -2.40. The second-order valence-corrected chi connectivity index (χ2v) is 5.62. The van der Waals surface area contributed by atoms with Gasteiger partial charge < -0.3 is 14.8 Å². The molecule has 0 saturated carbocycles. The van der Waals surface area contributed by atoms with E-state index in [4.69, 9.17) is 9.47 Å². The second kappa shape index (κ2) is 6.04. The molecule has 0 radical (unpaired) electrons. The molecular formula is C16H23NO2. The van der Waals surface area contributed by atoms with Crippen LogP contribution in [0.4, 0.5) is 0 Å². The normalized spacial score (nSPS) is 30.9. The van der Waals surface area contributed by atoms with E-state index in [0.29, 0.717) is 12.1 Å². The average Bonchev–Trinajstić information content (AvgIpc) is 2.45. The van der Waals surface area contributed by atoms with Crippen molar-refractivity contribution in [2.75, 3.05) is 19.8 Å². The van der Waals surface area contributed by atoms with Gasteiger partial charge >= 0.3 is 0 Å². The van der Waals surface area contributed by atoms with Crippen LogP contribution in [0.3, 0.4) is 0 Å². The van der Waals surface area contributed by atoms with Gasteiger partial charge in [-0.15, -0.1) is 0 Å². The van der Waals surface area contributed by atoms with Crippen molar-refractivity contribution in [2.24, 2.45) is 0 Å². The summed E-state index contributed by atoms with van der Waals surface area (Å²) < 4.78 is 11.5. The van der Waals surface area contributed by atoms with Crippen LogP contribution in [0.1, 0.15) is 37.0 Å². The minimum absolute atomic E-state index is 0.211. The van der Waals surface area contributed by atoms with E-state index in [-0.39, 0.29) is 6.10 Å². The molecule has 0 aromatic heterocycles. The minimum atomic E-state index is 0.211. The third kappa shape index (κ3) is 3.16. The van der Waals surface area contributed by atoms with Crippen molar-refractivity contribution in [1.29, 1.82) is 0 Å². The summed E-state index contributed by atoms with van der Waals surface area (Å²) in [6.45, 7) is 4.78. The molecule has 2 aliphatic heterocycles. The monoisotopic (exact) mass is 261 g/mol. The Bertz CT molecular complexity index is 421. The van der Waals surface area contributed by atoms with Crippen molar-refractivity contribution in [3.05, 3.63) is 35.4 Å². The Hall–Kier alpha value is -0.900. The van der Waals surface area contributed by atoms with Crippen molar-refractivity contribution in [3.8, 4) is 0 Å². The summed E-state index contributed by atoms with van der Waals surface area (Å²) >= 11 is 0. The molecule has 0 spiro atoms. The van der Waals surface area contributed by atoms with Crippen molar-refractivity contribution in [2.45, 2.75) is 44.4 Å². The van der Waals surface area contributed by atoms with Gasteiger partial charge in [-0.3, -0.25) is 0 Å². The van der Waals surface area contributed by atoms with Gasteiger partial charge in [0.15, 0.2) is 0 Å². The molecule has 1 fully saturated rings. The maximum Gasteiger partial charge on any atom is 0.0952 e. The van der Waals surface area contributed by atoms with E-state index >= 15 is 0 Å². The number of fused-ring (bicyclic) bond motifs is 1. The smallest absolute Gasteiger partial charge is 0.0952 e. The summed E-state index contributed by atoms with van der Waals surface area (Å²) in [6, 6.07) is 9.22. The summed E-state index contributed by atoms with van der Waals surface area (Å²) in [5.41, 5.74) is 2.81. The van der Waals surface area contributed by atoms with E-state index in [1.165, 1.54) is 11.1 Å². The van der Waals surface area contributed by atoms with Gasteiger partial charge in [-0.2, -0.15) is 0 Å². The Morgan fingerprint density at radius 3 is 3.00 bits per heavy atom. The second-order valence-electron chi connectivity index (χ2n) is 5.62. The quantitative estimate of drug-likeness (QED) is 0.906. The summed E-state index contributed by atoms with van der Waals surface area (Å²) in [6.07, 6.45) is 3.85. The maximum absolute atomic E-state index is 5.93. The van der Waals surface area contributed by atoms with E-state index in [9.17, 15) is 0 Å². The van der Waals surface area contributed by atoms with Crippen LogP contribution in [-0.4, -0.2) is 31.9 Å². The lowest BCUT2D eigenvalue weighted by atomic mass is 9.97. The number of nitrogens with one attached hydrogen (secondary N) is 1. The highest BCUT2D eigenvalue weighted by atomic mass is 16.5. The van der Waals surface area contributed by atoms with Crippen LogP contribution in [0.15, 0.2) is 24.3 Å². The first-order valence-electron chi connectivity index (χ1n) is 7.37. The molecular weight excluding hydrogens is 238 g/mol. The molecule has 3 rings (SSSR count). The van der Waals surface area contributed by atoms with Crippen LogP contribution in [0.5, 0.6) is 0 Å². The van der Waals surface area contributed by atoms with Crippen LogP contribution in [0, 0.1) is 0 Å². The molecule has 1 aromatic carbocycles. The van der Waals surface area contributed by atoms with Crippen LogP contribution >= 0.6 is 0 Å². The molecule has 2 heterocycles. The molecule has 104 valence electrons. The fourth-order valence-corrected chi connectivity index (χ4v) is 3.10. The first kappa shape index (κ1) is 13.1. The largest absolute Gasteiger partial charge is 0.378 e. The van der Waals surface area contributed by atoms with Crippen molar-refractivity contribution >= 4 is 0 Å². The van der Waals surface area contributed by atoms with Gasteiger partial charge in [0.1, 0.15) is 0 Å². The number of hydrogen-bond acceptors (Lipinski definition) is 3. The molecule has 1 N–H and O–H groups in total. The van der Waals surface area contributed by atoms with Crippen LogP contribution in [0.2, 0.25) is 0 Å². The standard InChI is InChI=1S/C16H23NO2/c1-12-10-14(7-9-18-12)17-11-16-15-5-3-2-4-13(15)6-8-19-16/h2-5,12,14,16-17H,6-11H2,1H3. The van der Waals surface area contributed by atoms with Crippen molar-refractivity contribution < 1.29 is 9.47 Å². The first-order chi connectivity index (χ1) is 9.33. The predicted molar refractivity (Wildman–Crippen MR) is 75.3 cm³/mol. The zero-order valence-corrected chi connectivity index (χ0v) is 11.6. The fourth-order valence-electron chi connectivity index (χ4n) is 3.10. The molecule has 3 nitrogen and oxygen atoms in total. The van der Waals surface area contributed by atoms with E-state index in [1.54, 1.807) is 0 Å². The van der Waals surface area contributed by atoms with Gasteiger partial charge in [-0.1, -0.05) is 24.3 Å². The minimum Gasteiger partial charge on any atom is -0.378 e. The Kier molecular flexibility index (Phi) is 4.16. The van der Waals surface area contributed by atoms with E-state index in [1.807, 2.05) is 0 Å². The zero-order valence-electron chi connectivity index (χ0n) is 11.6. The number of benzene rings is 1. The highest BCUT2D eigenvalue weighted by Crippen LogP contribution is 2.26. The molecule has 1 saturated heterocycles. The summed E-state index contributed by atoms with van der Waals surface area (Å²) in [7, 11) is 0. The topological polar surface area (TPSA) is 30.5 Å². The highest BCUT2D eigenvalue weighted by Gasteiger charge is 2.23. The Balaban J connectivity index is 1.59. The van der Waals surface area contributed by atoms with Crippen LogP contribution in [-0.2, 0) is 15.9 Å². The SMILES string of the molecule is CC1CC(NCC2OCCc3ccccc32)CCO1. The molecule has 3 heteroatoms. The lowest BCUT2D eigenvalue weighted by Gasteiger charge is -2.31. The van der Waals surface area contributed by atoms with Gasteiger partial charge in [0.25, 0.3) is 0 Å². The molecule has 3 atom stereocenters. The molecule has 19 heavy (non-hydrogen) atoms. The third-order valence-electron chi connectivity index (χ3n) is 4.17. The molecule has 1 aromatic rings. The Morgan fingerprint density at radius 2 is 2.11 bits per heavy atom. The van der Waals surface area contributed by atoms with Crippen LogP contribution in [0.25, 0.3) is 0 Å². The highest BCUT2D eigenvalue weighted by molar-refractivity contribution is 5.31. The fraction of sp³-hybridized carbons (Fsp3) is 0.625. The van der Waals surface area contributed by atoms with E-state index < -0.39 is 0 Å². The summed E-state index contributed by atoms with van der Waals surface area (Å²) in [5.74, 6) is 0. The Labute approximate surface area is 115 Å². The van der Waals surface area contributed by atoms with Gasteiger partial charge in [-0.25, -0.2) is 0 Å². The van der Waals surface area contributed by atoms with E-state index in [2.05, 4.69) is 36.5 Å². The predicted octanol–water partition coefficient (Wildman–Crippen LogP) is 2.46. The maximum atomic E-state index is 5.93. The summed E-state index contributed by atoms with van der Waals surface area (Å²) in [4.78, 5) is 0. The molecule has 0 bridgehead atoms. The average molecular weight is 261 g/mol. The van der Waals surface area contributed by atoms with Gasteiger partial charge in [0.05, 0.1) is 18.8 Å². The zero-order chi connectivity index (χ0) is 13.1. The number of hydrogen-bond donors (Lipinski definition) is 1.